The zero-order valence-electron chi connectivity index (χ0n) is 23.3. The Bertz CT molecular complexity index is 1390. The molecule has 3 aromatic rings. The highest BCUT2D eigenvalue weighted by Crippen LogP contribution is 2.57. The summed E-state index contributed by atoms with van der Waals surface area (Å²) in [7, 11) is 3.25. The Hall–Kier alpha value is -3.38. The molecule has 0 radical (unpaired) electrons. The summed E-state index contributed by atoms with van der Waals surface area (Å²) in [5.41, 5.74) is 4.89. The van der Waals surface area contributed by atoms with Crippen molar-refractivity contribution in [1.29, 1.82) is 0 Å². The van der Waals surface area contributed by atoms with Gasteiger partial charge < -0.3 is 19.3 Å². The molecule has 0 aromatic heterocycles. The summed E-state index contributed by atoms with van der Waals surface area (Å²) in [6, 6.07) is 16.8. The van der Waals surface area contributed by atoms with Crippen LogP contribution in [0.3, 0.4) is 0 Å². The van der Waals surface area contributed by atoms with Crippen LogP contribution in [-0.4, -0.2) is 25.3 Å². The Morgan fingerprint density at radius 3 is 2.44 bits per heavy atom. The zero-order valence-corrected chi connectivity index (χ0v) is 23.3. The molecule has 0 unspecified atom stereocenters. The molecule has 1 spiro atoms. The van der Waals surface area contributed by atoms with Gasteiger partial charge in [-0.2, -0.15) is 0 Å². The fourth-order valence-corrected chi connectivity index (χ4v) is 6.55. The Morgan fingerprint density at radius 1 is 1.03 bits per heavy atom. The van der Waals surface area contributed by atoms with Crippen LogP contribution in [0.2, 0.25) is 0 Å². The molecule has 206 valence electrons. The molecule has 39 heavy (non-hydrogen) atoms. The number of fused-ring (bicyclic) bond motifs is 2. The fourth-order valence-electron chi connectivity index (χ4n) is 6.55. The van der Waals surface area contributed by atoms with Crippen molar-refractivity contribution in [3.8, 4) is 22.6 Å². The minimum atomic E-state index is -0.702. The van der Waals surface area contributed by atoms with E-state index in [9.17, 15) is 9.90 Å². The van der Waals surface area contributed by atoms with E-state index in [2.05, 4.69) is 26.8 Å². The van der Waals surface area contributed by atoms with E-state index >= 15 is 4.39 Å². The molecule has 3 atom stereocenters. The van der Waals surface area contributed by atoms with E-state index in [1.54, 1.807) is 26.4 Å². The predicted octanol–water partition coefficient (Wildman–Crippen LogP) is 7.49. The van der Waals surface area contributed by atoms with E-state index in [0.717, 1.165) is 53.7 Å². The van der Waals surface area contributed by atoms with Crippen LogP contribution in [0.15, 0.2) is 54.6 Å². The number of ether oxygens (including phenoxy) is 3. The molecule has 1 fully saturated rings. The molecule has 0 aliphatic heterocycles. The van der Waals surface area contributed by atoms with Gasteiger partial charge in [-0.05, 0) is 95.3 Å². The minimum Gasteiger partial charge on any atom is -0.497 e. The average Bonchev–Trinajstić information content (AvgIpc) is 3.27. The first-order chi connectivity index (χ1) is 18.6. The summed E-state index contributed by atoms with van der Waals surface area (Å²) >= 11 is 0. The van der Waals surface area contributed by atoms with E-state index in [4.69, 9.17) is 14.2 Å². The third-order valence-electron chi connectivity index (χ3n) is 8.59. The fraction of sp³-hybridized carbons (Fsp3) is 0.424. The molecular weight excluding hydrogens is 495 g/mol. The lowest BCUT2D eigenvalue weighted by Crippen LogP contribution is -2.46. The summed E-state index contributed by atoms with van der Waals surface area (Å²) in [4.78, 5) is 11.8. The Balaban J connectivity index is 1.46. The molecule has 2 aliphatic carbocycles. The van der Waals surface area contributed by atoms with Crippen LogP contribution in [0.1, 0.15) is 68.4 Å². The molecule has 0 amide bonds. The second kappa shape index (κ2) is 10.3. The van der Waals surface area contributed by atoms with Crippen LogP contribution in [-0.2, 0) is 28.0 Å². The maximum atomic E-state index is 15.0. The van der Waals surface area contributed by atoms with Crippen LogP contribution >= 0.6 is 0 Å². The lowest BCUT2D eigenvalue weighted by Gasteiger charge is -2.45. The normalized spacial score (nSPS) is 20.8. The van der Waals surface area contributed by atoms with Gasteiger partial charge >= 0.3 is 5.97 Å². The van der Waals surface area contributed by atoms with Gasteiger partial charge in [-0.15, -0.1) is 0 Å². The summed E-state index contributed by atoms with van der Waals surface area (Å²) in [6.07, 6.45) is 3.16. The van der Waals surface area contributed by atoms with Gasteiger partial charge in [-0.3, -0.25) is 4.79 Å². The molecule has 1 saturated carbocycles. The number of aryl methyl sites for hydroxylation is 1. The van der Waals surface area contributed by atoms with Crippen molar-refractivity contribution in [3.63, 3.8) is 0 Å². The Kier molecular flexibility index (Phi) is 7.19. The van der Waals surface area contributed by atoms with Crippen LogP contribution < -0.4 is 9.47 Å². The number of carbonyl (C=O) groups is 1. The number of aliphatic carboxylic acids is 1. The summed E-state index contributed by atoms with van der Waals surface area (Å²) < 4.78 is 32.6. The van der Waals surface area contributed by atoms with Gasteiger partial charge in [0.25, 0.3) is 0 Å². The molecule has 0 bridgehead atoms. The maximum Gasteiger partial charge on any atom is 0.307 e. The number of halogens is 1. The highest BCUT2D eigenvalue weighted by atomic mass is 19.1. The highest BCUT2D eigenvalue weighted by molar-refractivity contribution is 5.75. The Morgan fingerprint density at radius 2 is 1.79 bits per heavy atom. The number of hydrogen-bond acceptors (Lipinski definition) is 4. The zero-order chi connectivity index (χ0) is 27.9. The third kappa shape index (κ3) is 4.91. The molecule has 5 rings (SSSR count). The van der Waals surface area contributed by atoms with Gasteiger partial charge in [-0.1, -0.05) is 39.0 Å². The van der Waals surface area contributed by atoms with Crippen LogP contribution in [0, 0.1) is 17.2 Å². The quantitative estimate of drug-likeness (QED) is 0.326. The smallest absolute Gasteiger partial charge is 0.307 e. The lowest BCUT2D eigenvalue weighted by molar-refractivity contribution is -0.149. The first-order valence-corrected chi connectivity index (χ1v) is 13.6. The third-order valence-corrected chi connectivity index (χ3v) is 8.59. The SMILES string of the molecule is COc1ccc(F)c(-c2ccc(COc3ccc4c(c3)[C@@]3(CC4)CC[C@@H]3C(=O)O)cc2[C@@H](OC)C(C)(C)C)c1. The maximum absolute atomic E-state index is 15.0. The first-order valence-electron chi connectivity index (χ1n) is 13.6. The van der Waals surface area contributed by atoms with Crippen molar-refractivity contribution < 1.29 is 28.5 Å². The second-order valence-corrected chi connectivity index (χ2v) is 11.9. The summed E-state index contributed by atoms with van der Waals surface area (Å²) in [6.45, 7) is 6.62. The molecule has 1 N–H and O–H groups in total. The number of rotatable bonds is 8. The van der Waals surface area contributed by atoms with Crippen molar-refractivity contribution in [2.45, 2.75) is 64.6 Å². The number of carboxylic acid groups (broad SMARTS) is 1. The minimum absolute atomic E-state index is 0.240. The molecule has 3 aromatic carbocycles. The molecule has 6 heteroatoms. The van der Waals surface area contributed by atoms with Gasteiger partial charge in [-0.25, -0.2) is 4.39 Å². The van der Waals surface area contributed by atoms with Crippen LogP contribution in [0.5, 0.6) is 11.5 Å². The van der Waals surface area contributed by atoms with Crippen LogP contribution in [0.4, 0.5) is 4.39 Å². The monoisotopic (exact) mass is 532 g/mol. The van der Waals surface area contributed by atoms with Gasteiger partial charge in [0.05, 0.1) is 19.1 Å². The lowest BCUT2D eigenvalue weighted by atomic mass is 9.57. The second-order valence-electron chi connectivity index (χ2n) is 11.9. The molecule has 5 nitrogen and oxygen atoms in total. The topological polar surface area (TPSA) is 65.0 Å². The number of methoxy groups -OCH3 is 2. The number of benzene rings is 3. The van der Waals surface area contributed by atoms with Gasteiger partial charge in [0, 0.05) is 18.1 Å². The molecule has 2 aliphatic rings. The molecule has 0 heterocycles. The van der Waals surface area contributed by atoms with E-state index < -0.39 is 5.97 Å². The largest absolute Gasteiger partial charge is 0.497 e. The van der Waals surface area contributed by atoms with E-state index in [1.807, 2.05) is 30.3 Å². The van der Waals surface area contributed by atoms with E-state index in [0.29, 0.717) is 17.9 Å². The van der Waals surface area contributed by atoms with Crippen molar-refractivity contribution in [1.82, 2.24) is 0 Å². The Labute approximate surface area is 229 Å². The highest BCUT2D eigenvalue weighted by Gasteiger charge is 2.54. The number of carboxylic acids is 1. The van der Waals surface area contributed by atoms with Crippen LogP contribution in [0.25, 0.3) is 11.1 Å². The van der Waals surface area contributed by atoms with Gasteiger partial charge in [0.2, 0.25) is 0 Å². The summed E-state index contributed by atoms with van der Waals surface area (Å²) in [5.74, 6) is -0.0285. The molecular formula is C33H37FO5. The van der Waals surface area contributed by atoms with E-state index in [1.165, 1.54) is 11.6 Å². The predicted molar refractivity (Wildman–Crippen MR) is 149 cm³/mol. The first kappa shape index (κ1) is 27.2. The average molecular weight is 533 g/mol. The van der Waals surface area contributed by atoms with Crippen molar-refractivity contribution in [3.05, 3.63) is 82.7 Å². The van der Waals surface area contributed by atoms with Crippen molar-refractivity contribution in [2.24, 2.45) is 11.3 Å². The molecule has 0 saturated heterocycles. The summed E-state index contributed by atoms with van der Waals surface area (Å²) in [5, 5.41) is 9.73. The van der Waals surface area contributed by atoms with Crippen molar-refractivity contribution in [2.75, 3.05) is 14.2 Å². The number of hydrogen-bond donors (Lipinski definition) is 1. The van der Waals surface area contributed by atoms with Gasteiger partial charge in [0.1, 0.15) is 23.9 Å². The van der Waals surface area contributed by atoms with Gasteiger partial charge in [0.15, 0.2) is 0 Å². The standard InChI is InChI=1S/C33H37FO5/c1-32(2,3)30(38-5)26-16-20(6-10-24(26)25-17-22(37-4)9-11-29(25)34)19-39-23-8-7-21-12-14-33(28(21)18-23)15-13-27(33)31(35)36/h6-11,16-18,27,30H,12-15,19H2,1-5H3,(H,35,36)/t27-,30-,33+/m1/s1. The van der Waals surface area contributed by atoms with E-state index in [-0.39, 0.29) is 28.7 Å². The van der Waals surface area contributed by atoms with Crippen molar-refractivity contribution >= 4 is 5.97 Å².